The van der Waals surface area contributed by atoms with E-state index in [2.05, 4.69) is 0 Å². The van der Waals surface area contributed by atoms with Crippen molar-refractivity contribution in [2.45, 2.75) is 0 Å². The summed E-state index contributed by atoms with van der Waals surface area (Å²) in [6, 6.07) is 6.64. The van der Waals surface area contributed by atoms with Gasteiger partial charge in [0, 0.05) is 16.1 Å². The third kappa shape index (κ3) is 2.36. The minimum Gasteiger partial charge on any atom is -0.289 e. The van der Waals surface area contributed by atoms with Gasteiger partial charge in [0.2, 0.25) is 0 Å². The molecular formula is C9H6Cl2O. The summed E-state index contributed by atoms with van der Waals surface area (Å²) in [4.78, 5) is 11.1. The van der Waals surface area contributed by atoms with Gasteiger partial charge in [0.1, 0.15) is 0 Å². The van der Waals surface area contributed by atoms with Crippen LogP contribution in [0.5, 0.6) is 0 Å². The summed E-state index contributed by atoms with van der Waals surface area (Å²) in [5.41, 5.74) is 1.77. The molecule has 0 aliphatic heterocycles. The van der Waals surface area contributed by atoms with Crippen molar-refractivity contribution in [1.29, 1.82) is 0 Å². The van der Waals surface area contributed by atoms with Crippen LogP contribution in [-0.4, -0.2) is 5.78 Å². The summed E-state index contributed by atoms with van der Waals surface area (Å²) >= 11 is 10.9. The van der Waals surface area contributed by atoms with Crippen LogP contribution in [0.2, 0.25) is 5.02 Å². The molecule has 0 aliphatic carbocycles. The van der Waals surface area contributed by atoms with Gasteiger partial charge in [-0.3, -0.25) is 4.79 Å². The predicted octanol–water partition coefficient (Wildman–Crippen LogP) is 3.28. The van der Waals surface area contributed by atoms with Crippen LogP contribution in [0.15, 0.2) is 35.9 Å². The SMILES string of the molecule is O=C(/C=C\Cl)c1ccc(Cl)cc1. The molecular weight excluding hydrogens is 195 g/mol. The highest BCUT2D eigenvalue weighted by Crippen LogP contribution is 2.10. The summed E-state index contributed by atoms with van der Waals surface area (Å²) in [5, 5.41) is 0.612. The van der Waals surface area contributed by atoms with E-state index in [-0.39, 0.29) is 5.78 Å². The Morgan fingerprint density at radius 3 is 2.33 bits per heavy atom. The molecule has 0 saturated heterocycles. The Morgan fingerprint density at radius 2 is 1.83 bits per heavy atom. The third-order valence-electron chi connectivity index (χ3n) is 1.34. The minimum atomic E-state index is -0.123. The molecule has 0 heterocycles. The Balaban J connectivity index is 2.90. The van der Waals surface area contributed by atoms with E-state index in [4.69, 9.17) is 23.2 Å². The molecule has 1 rings (SSSR count). The Kier molecular flexibility index (Phi) is 3.32. The van der Waals surface area contributed by atoms with Gasteiger partial charge in [0.15, 0.2) is 5.78 Å². The fourth-order valence-electron chi connectivity index (χ4n) is 0.768. The molecule has 0 amide bonds. The molecule has 1 aromatic carbocycles. The number of carbonyl (C=O) groups is 1. The van der Waals surface area contributed by atoms with Gasteiger partial charge in [0.05, 0.1) is 0 Å². The molecule has 0 atom stereocenters. The predicted molar refractivity (Wildman–Crippen MR) is 50.8 cm³/mol. The number of halogens is 2. The number of carbonyl (C=O) groups excluding carboxylic acids is 1. The van der Waals surface area contributed by atoms with Crippen molar-refractivity contribution >= 4 is 29.0 Å². The number of allylic oxidation sites excluding steroid dienone is 1. The smallest absolute Gasteiger partial charge is 0.186 e. The van der Waals surface area contributed by atoms with Crippen LogP contribution < -0.4 is 0 Å². The lowest BCUT2D eigenvalue weighted by Crippen LogP contribution is -1.92. The van der Waals surface area contributed by atoms with E-state index < -0.39 is 0 Å². The quantitative estimate of drug-likeness (QED) is 0.530. The van der Waals surface area contributed by atoms with Crippen LogP contribution in [0, 0.1) is 0 Å². The second kappa shape index (κ2) is 4.29. The first-order valence-corrected chi connectivity index (χ1v) is 4.12. The Hall–Kier alpha value is -0.790. The van der Waals surface area contributed by atoms with Crippen LogP contribution in [0.4, 0.5) is 0 Å². The fraction of sp³-hybridized carbons (Fsp3) is 0. The van der Waals surface area contributed by atoms with E-state index in [0.717, 1.165) is 0 Å². The third-order valence-corrected chi connectivity index (χ3v) is 1.72. The van der Waals surface area contributed by atoms with E-state index >= 15 is 0 Å². The number of ketones is 1. The van der Waals surface area contributed by atoms with Crippen molar-refractivity contribution in [3.05, 3.63) is 46.5 Å². The highest BCUT2D eigenvalue weighted by Gasteiger charge is 1.99. The zero-order chi connectivity index (χ0) is 8.97. The number of hydrogen-bond donors (Lipinski definition) is 0. The molecule has 0 aliphatic rings. The van der Waals surface area contributed by atoms with Gasteiger partial charge in [-0.1, -0.05) is 23.2 Å². The number of benzene rings is 1. The summed E-state index contributed by atoms with van der Waals surface area (Å²) in [6.07, 6.45) is 1.30. The maximum absolute atomic E-state index is 11.1. The lowest BCUT2D eigenvalue weighted by atomic mass is 10.1. The number of hydrogen-bond acceptors (Lipinski definition) is 1. The largest absolute Gasteiger partial charge is 0.289 e. The second-order valence-electron chi connectivity index (χ2n) is 2.16. The molecule has 0 N–H and O–H groups in total. The van der Waals surface area contributed by atoms with Gasteiger partial charge in [-0.05, 0) is 30.3 Å². The average molecular weight is 201 g/mol. The fourth-order valence-corrected chi connectivity index (χ4v) is 1.01. The summed E-state index contributed by atoms with van der Waals surface area (Å²) in [5.74, 6) is -0.123. The van der Waals surface area contributed by atoms with Crippen molar-refractivity contribution < 1.29 is 4.79 Å². The minimum absolute atomic E-state index is 0.123. The molecule has 0 bridgehead atoms. The number of rotatable bonds is 2. The molecule has 0 saturated carbocycles. The topological polar surface area (TPSA) is 17.1 Å². The van der Waals surface area contributed by atoms with Crippen molar-refractivity contribution in [2.75, 3.05) is 0 Å². The molecule has 12 heavy (non-hydrogen) atoms. The first kappa shape index (κ1) is 9.30. The highest BCUT2D eigenvalue weighted by atomic mass is 35.5. The normalized spacial score (nSPS) is 10.5. The molecule has 0 fully saturated rings. The van der Waals surface area contributed by atoms with Crippen LogP contribution in [-0.2, 0) is 0 Å². The maximum Gasteiger partial charge on any atom is 0.186 e. The lowest BCUT2D eigenvalue weighted by molar-refractivity contribution is 0.104. The van der Waals surface area contributed by atoms with Crippen molar-refractivity contribution in [1.82, 2.24) is 0 Å². The maximum atomic E-state index is 11.1. The summed E-state index contributed by atoms with van der Waals surface area (Å²) < 4.78 is 0. The van der Waals surface area contributed by atoms with Gasteiger partial charge in [-0.15, -0.1) is 0 Å². The molecule has 0 aromatic heterocycles. The molecule has 0 radical (unpaired) electrons. The molecule has 3 heteroatoms. The molecule has 0 unspecified atom stereocenters. The summed E-state index contributed by atoms with van der Waals surface area (Å²) in [6.45, 7) is 0. The molecule has 1 nitrogen and oxygen atoms in total. The van der Waals surface area contributed by atoms with Gasteiger partial charge in [-0.2, -0.15) is 0 Å². The monoisotopic (exact) mass is 200 g/mol. The zero-order valence-electron chi connectivity index (χ0n) is 6.13. The van der Waals surface area contributed by atoms with Gasteiger partial charge in [0.25, 0.3) is 0 Å². The lowest BCUT2D eigenvalue weighted by Gasteiger charge is -1.94. The van der Waals surface area contributed by atoms with Gasteiger partial charge in [-0.25, -0.2) is 0 Å². The molecule has 62 valence electrons. The standard InChI is InChI=1S/C9H6Cl2O/c10-6-5-9(12)7-1-3-8(11)4-2-7/h1-6H/b6-5-. The summed E-state index contributed by atoms with van der Waals surface area (Å²) in [7, 11) is 0. The van der Waals surface area contributed by atoms with E-state index in [0.29, 0.717) is 10.6 Å². The Bertz CT molecular complexity index is 301. The molecule has 0 spiro atoms. The van der Waals surface area contributed by atoms with E-state index in [1.807, 2.05) is 0 Å². The first-order valence-electron chi connectivity index (χ1n) is 3.30. The Morgan fingerprint density at radius 1 is 1.25 bits per heavy atom. The second-order valence-corrected chi connectivity index (χ2v) is 2.85. The van der Waals surface area contributed by atoms with Crippen molar-refractivity contribution in [3.63, 3.8) is 0 Å². The van der Waals surface area contributed by atoms with Gasteiger partial charge >= 0.3 is 0 Å². The van der Waals surface area contributed by atoms with Gasteiger partial charge < -0.3 is 0 Å². The van der Waals surface area contributed by atoms with Crippen molar-refractivity contribution in [3.8, 4) is 0 Å². The zero-order valence-corrected chi connectivity index (χ0v) is 7.64. The van der Waals surface area contributed by atoms with Crippen LogP contribution in [0.1, 0.15) is 10.4 Å². The van der Waals surface area contributed by atoms with Crippen LogP contribution in [0.25, 0.3) is 0 Å². The molecule has 1 aromatic rings. The van der Waals surface area contributed by atoms with Crippen LogP contribution in [0.3, 0.4) is 0 Å². The van der Waals surface area contributed by atoms with E-state index in [1.54, 1.807) is 24.3 Å². The van der Waals surface area contributed by atoms with E-state index in [1.165, 1.54) is 11.6 Å². The van der Waals surface area contributed by atoms with Crippen LogP contribution >= 0.6 is 23.2 Å². The first-order chi connectivity index (χ1) is 5.74. The average Bonchev–Trinajstić information content (AvgIpc) is 2.06. The Labute approximate surface area is 80.6 Å². The van der Waals surface area contributed by atoms with Crippen molar-refractivity contribution in [2.24, 2.45) is 0 Å². The highest BCUT2D eigenvalue weighted by molar-refractivity contribution is 6.30. The van der Waals surface area contributed by atoms with E-state index in [9.17, 15) is 4.79 Å².